The Hall–Kier alpha value is -5.48. The third-order valence-corrected chi connectivity index (χ3v) is 10.2. The quantitative estimate of drug-likeness (QED) is 0.188. The van der Waals surface area contributed by atoms with Crippen LogP contribution >= 0.6 is 0 Å². The second-order valence-electron chi connectivity index (χ2n) is 13.1. The van der Waals surface area contributed by atoms with E-state index in [1.165, 1.54) is 66.8 Å². The summed E-state index contributed by atoms with van der Waals surface area (Å²) in [5.41, 5.74) is 15.5. The molecule has 0 aliphatic heterocycles. The molecule has 0 atom stereocenters. The summed E-state index contributed by atoms with van der Waals surface area (Å²) in [6.07, 6.45) is 4.84. The van der Waals surface area contributed by atoms with Crippen molar-refractivity contribution in [3.05, 3.63) is 188 Å². The number of hydrogen-bond acceptors (Lipinski definition) is 4. The summed E-state index contributed by atoms with van der Waals surface area (Å²) in [5, 5.41) is 0. The number of benzene rings is 6. The minimum absolute atomic E-state index is 0.754. The van der Waals surface area contributed by atoms with Crippen LogP contribution in [-0.4, -0.2) is 28.4 Å². The summed E-state index contributed by atoms with van der Waals surface area (Å²) in [7, 11) is 6.86. The molecule has 6 aromatic carbocycles. The molecule has 50 heavy (non-hydrogen) atoms. The summed E-state index contributed by atoms with van der Waals surface area (Å²) in [4.78, 5) is 0. The fourth-order valence-electron chi connectivity index (χ4n) is 7.43. The summed E-state index contributed by atoms with van der Waals surface area (Å²) in [6, 6.07) is 44.1. The Morgan fingerprint density at radius 3 is 0.580 bits per heavy atom. The Labute approximate surface area is 296 Å². The fourth-order valence-corrected chi connectivity index (χ4v) is 7.43. The number of fused-ring (bicyclic) bond motifs is 6. The van der Waals surface area contributed by atoms with Gasteiger partial charge in [-0.3, -0.25) is 0 Å². The van der Waals surface area contributed by atoms with E-state index in [1.807, 2.05) is 0 Å². The summed E-state index contributed by atoms with van der Waals surface area (Å²) >= 11 is 0. The molecule has 0 N–H and O–H groups in total. The Morgan fingerprint density at radius 2 is 0.420 bits per heavy atom. The van der Waals surface area contributed by atoms with E-state index in [-0.39, 0.29) is 0 Å². The third kappa shape index (κ3) is 6.97. The van der Waals surface area contributed by atoms with Crippen molar-refractivity contribution in [2.24, 2.45) is 0 Å². The number of ether oxygens (including phenoxy) is 4. The van der Waals surface area contributed by atoms with Crippen LogP contribution in [0.15, 0.2) is 121 Å². The van der Waals surface area contributed by atoms with Gasteiger partial charge >= 0.3 is 0 Å². The fraction of sp³-hybridized carbons (Fsp3) is 0.217. The SMILES string of the molecule is COc1cc2c(cc1OC)Cc1ccccc1Cc1ccccc1Cc1cc(OC)c(OC)cc1Cc1ccccc1Cc1ccccc1C2. The van der Waals surface area contributed by atoms with Gasteiger partial charge in [-0.1, -0.05) is 97.1 Å². The zero-order valence-electron chi connectivity index (χ0n) is 29.4. The van der Waals surface area contributed by atoms with E-state index in [1.54, 1.807) is 28.4 Å². The molecule has 1 aliphatic carbocycles. The molecule has 252 valence electrons. The van der Waals surface area contributed by atoms with Gasteiger partial charge in [0.25, 0.3) is 0 Å². The average molecular weight is 661 g/mol. The third-order valence-electron chi connectivity index (χ3n) is 10.2. The lowest BCUT2D eigenvalue weighted by atomic mass is 9.86. The lowest BCUT2D eigenvalue weighted by Gasteiger charge is -2.20. The Kier molecular flexibility index (Phi) is 9.89. The predicted molar refractivity (Wildman–Crippen MR) is 202 cm³/mol. The van der Waals surface area contributed by atoms with Gasteiger partial charge in [0.1, 0.15) is 0 Å². The molecule has 0 saturated carbocycles. The predicted octanol–water partition coefficient (Wildman–Crippen LogP) is 9.58. The van der Waals surface area contributed by atoms with Gasteiger partial charge in [0.05, 0.1) is 28.4 Å². The van der Waals surface area contributed by atoms with Crippen LogP contribution in [0.3, 0.4) is 0 Å². The normalized spacial score (nSPS) is 12.7. The molecule has 0 spiro atoms. The molecule has 0 radical (unpaired) electrons. The molecule has 0 amide bonds. The zero-order valence-corrected chi connectivity index (χ0v) is 29.4. The molecule has 0 fully saturated rings. The van der Waals surface area contributed by atoms with Gasteiger partial charge in [0.15, 0.2) is 23.0 Å². The first kappa shape index (κ1) is 33.0. The first-order chi connectivity index (χ1) is 24.6. The van der Waals surface area contributed by atoms with E-state index in [9.17, 15) is 0 Å². The topological polar surface area (TPSA) is 36.9 Å². The molecule has 0 saturated heterocycles. The zero-order chi connectivity index (χ0) is 34.5. The van der Waals surface area contributed by atoms with E-state index in [2.05, 4.69) is 121 Å². The molecule has 4 heteroatoms. The standard InChI is InChI=1S/C46H44O4/c1-47-43-27-39-23-35-17-9-5-13-31(35)21-33-15-7-11-19-37(33)25-41-29-45(49-3)46(50-4)30-42(41)26-38-20-12-8-16-34(38)22-32-14-6-10-18-36(32)24-40(39)28-44(43)48-2/h5-20,27-30H,21-26H2,1-4H3. The van der Waals surface area contributed by atoms with Crippen LogP contribution in [0, 0.1) is 0 Å². The molecule has 4 nitrogen and oxygen atoms in total. The lowest BCUT2D eigenvalue weighted by molar-refractivity contribution is 0.354. The molecule has 6 aromatic rings. The Balaban J connectivity index is 1.43. The second-order valence-corrected chi connectivity index (χ2v) is 13.1. The second kappa shape index (κ2) is 15.0. The van der Waals surface area contributed by atoms with Gasteiger partial charge in [-0.2, -0.15) is 0 Å². The van der Waals surface area contributed by atoms with Gasteiger partial charge in [0, 0.05) is 0 Å². The monoisotopic (exact) mass is 660 g/mol. The molecule has 0 aromatic heterocycles. The first-order valence-electron chi connectivity index (χ1n) is 17.3. The van der Waals surface area contributed by atoms with Gasteiger partial charge < -0.3 is 18.9 Å². The molecule has 0 bridgehead atoms. The maximum Gasteiger partial charge on any atom is 0.161 e. The minimum Gasteiger partial charge on any atom is -0.493 e. The van der Waals surface area contributed by atoms with E-state index >= 15 is 0 Å². The van der Waals surface area contributed by atoms with Crippen molar-refractivity contribution in [1.29, 1.82) is 0 Å². The molecular formula is C46H44O4. The Bertz CT molecular complexity index is 1830. The van der Waals surface area contributed by atoms with Crippen LogP contribution < -0.4 is 18.9 Å². The summed E-state index contributed by atoms with van der Waals surface area (Å²) in [5.74, 6) is 3.02. The highest BCUT2D eigenvalue weighted by Gasteiger charge is 2.19. The molecule has 7 rings (SSSR count). The summed E-state index contributed by atoms with van der Waals surface area (Å²) in [6.45, 7) is 0. The Morgan fingerprint density at radius 1 is 0.260 bits per heavy atom. The van der Waals surface area contributed by atoms with E-state index in [0.717, 1.165) is 61.5 Å². The summed E-state index contributed by atoms with van der Waals surface area (Å²) < 4.78 is 23.3. The highest BCUT2D eigenvalue weighted by atomic mass is 16.5. The van der Waals surface area contributed by atoms with Gasteiger partial charge in [-0.15, -0.1) is 0 Å². The molecular weight excluding hydrogens is 617 g/mol. The van der Waals surface area contributed by atoms with Crippen molar-refractivity contribution in [2.45, 2.75) is 38.5 Å². The van der Waals surface area contributed by atoms with Crippen molar-refractivity contribution in [3.8, 4) is 23.0 Å². The van der Waals surface area contributed by atoms with Crippen LogP contribution in [-0.2, 0) is 38.5 Å². The van der Waals surface area contributed by atoms with Crippen molar-refractivity contribution >= 4 is 0 Å². The minimum atomic E-state index is 0.754. The van der Waals surface area contributed by atoms with E-state index in [4.69, 9.17) is 18.9 Å². The van der Waals surface area contributed by atoms with Crippen molar-refractivity contribution in [3.63, 3.8) is 0 Å². The smallest absolute Gasteiger partial charge is 0.161 e. The van der Waals surface area contributed by atoms with Crippen molar-refractivity contribution in [2.75, 3.05) is 28.4 Å². The van der Waals surface area contributed by atoms with Gasteiger partial charge in [-0.05, 0) is 130 Å². The van der Waals surface area contributed by atoms with Gasteiger partial charge in [-0.25, -0.2) is 0 Å². The first-order valence-corrected chi connectivity index (χ1v) is 17.3. The highest BCUT2D eigenvalue weighted by Crippen LogP contribution is 2.36. The van der Waals surface area contributed by atoms with Crippen LogP contribution in [0.4, 0.5) is 0 Å². The van der Waals surface area contributed by atoms with Crippen LogP contribution in [0.25, 0.3) is 0 Å². The maximum atomic E-state index is 5.83. The lowest BCUT2D eigenvalue weighted by Crippen LogP contribution is -2.07. The van der Waals surface area contributed by atoms with E-state index < -0.39 is 0 Å². The van der Waals surface area contributed by atoms with Gasteiger partial charge in [0.2, 0.25) is 0 Å². The van der Waals surface area contributed by atoms with Crippen molar-refractivity contribution < 1.29 is 18.9 Å². The number of methoxy groups -OCH3 is 4. The maximum absolute atomic E-state index is 5.83. The van der Waals surface area contributed by atoms with E-state index in [0.29, 0.717) is 0 Å². The van der Waals surface area contributed by atoms with Crippen LogP contribution in [0.2, 0.25) is 0 Å². The number of rotatable bonds is 4. The molecule has 0 heterocycles. The largest absolute Gasteiger partial charge is 0.493 e. The average Bonchev–Trinajstić information content (AvgIpc) is 3.15. The molecule has 0 unspecified atom stereocenters. The van der Waals surface area contributed by atoms with Crippen molar-refractivity contribution in [1.82, 2.24) is 0 Å². The highest BCUT2D eigenvalue weighted by molar-refractivity contribution is 5.54. The molecule has 1 aliphatic rings. The van der Waals surface area contributed by atoms with Crippen LogP contribution in [0.1, 0.15) is 66.8 Å². The number of hydrogen-bond donors (Lipinski definition) is 0. The van der Waals surface area contributed by atoms with Crippen LogP contribution in [0.5, 0.6) is 23.0 Å².